The number of carbonyl (C=O) groups excluding carboxylic acids is 1. The minimum Gasteiger partial charge on any atom is -0.396 e. The second-order valence-electron chi connectivity index (χ2n) is 8.04. The van der Waals surface area contributed by atoms with E-state index in [0.717, 1.165) is 6.07 Å². The van der Waals surface area contributed by atoms with Gasteiger partial charge in [0.15, 0.2) is 0 Å². The van der Waals surface area contributed by atoms with Crippen molar-refractivity contribution in [3.05, 3.63) is 59.4 Å². The van der Waals surface area contributed by atoms with Crippen LogP contribution in [0.4, 0.5) is 22.0 Å². The number of aliphatic hydroxyl groups is 1. The van der Waals surface area contributed by atoms with Crippen molar-refractivity contribution in [3.63, 3.8) is 0 Å². The normalized spacial score (nSPS) is 19.6. The minimum atomic E-state index is -2.78. The summed E-state index contributed by atoms with van der Waals surface area (Å²) in [6.07, 6.45) is -2.50. The van der Waals surface area contributed by atoms with Crippen LogP contribution in [0.25, 0.3) is 22.2 Å². The van der Waals surface area contributed by atoms with Crippen LogP contribution in [0.5, 0.6) is 0 Å². The highest BCUT2D eigenvalue weighted by molar-refractivity contribution is 5.92. The fourth-order valence-electron chi connectivity index (χ4n) is 4.28. The monoisotopic (exact) mass is 437 g/mol. The van der Waals surface area contributed by atoms with Crippen LogP contribution in [-0.2, 0) is 4.79 Å². The first kappa shape index (κ1) is 21.5. The lowest BCUT2D eigenvalue weighted by molar-refractivity contribution is -0.128. The molecule has 1 aliphatic rings. The molecule has 0 aliphatic heterocycles. The number of H-pyrrole nitrogens is 1. The fraction of sp³-hybridized carbons (Fsp3) is 0.348. The Bertz CT molecular complexity index is 1100. The van der Waals surface area contributed by atoms with Crippen molar-refractivity contribution in [1.82, 2.24) is 4.98 Å². The number of aliphatic hydroxyl groups excluding tert-OH is 1. The number of carbonyl (C=O) groups is 1. The average molecular weight is 437 g/mol. The zero-order valence-electron chi connectivity index (χ0n) is 16.3. The minimum absolute atomic E-state index is 0.114. The molecule has 3 aromatic rings. The molecule has 1 saturated carbocycles. The van der Waals surface area contributed by atoms with E-state index in [4.69, 9.17) is 5.11 Å². The van der Waals surface area contributed by atoms with Gasteiger partial charge < -0.3 is 10.1 Å². The number of ketones is 1. The number of fused-ring (bicyclic) bond motifs is 1. The van der Waals surface area contributed by atoms with Crippen LogP contribution >= 0.6 is 0 Å². The first-order valence-corrected chi connectivity index (χ1v) is 9.96. The second-order valence-corrected chi connectivity index (χ2v) is 8.04. The van der Waals surface area contributed by atoms with E-state index >= 15 is 0 Å². The Kier molecular flexibility index (Phi) is 5.83. The molecule has 2 aromatic carbocycles. The lowest BCUT2D eigenvalue weighted by Crippen LogP contribution is -2.32. The van der Waals surface area contributed by atoms with Gasteiger partial charge >= 0.3 is 0 Å². The van der Waals surface area contributed by atoms with Crippen molar-refractivity contribution in [2.45, 2.75) is 31.6 Å². The van der Waals surface area contributed by atoms with Gasteiger partial charge in [-0.05, 0) is 60.2 Å². The molecule has 0 bridgehead atoms. The zero-order valence-corrected chi connectivity index (χ0v) is 16.3. The molecule has 1 fully saturated rings. The van der Waals surface area contributed by atoms with Crippen LogP contribution in [0.15, 0.2) is 36.4 Å². The third-order valence-electron chi connectivity index (χ3n) is 6.05. The maximum atomic E-state index is 14.4. The number of benzene rings is 2. The van der Waals surface area contributed by atoms with Crippen LogP contribution < -0.4 is 0 Å². The zero-order chi connectivity index (χ0) is 22.3. The molecule has 3 nitrogen and oxygen atoms in total. The summed E-state index contributed by atoms with van der Waals surface area (Å²) in [6.45, 7) is -0.769. The molecular formula is C23H20F5NO2. The van der Waals surface area contributed by atoms with E-state index in [-0.39, 0.29) is 17.2 Å². The molecule has 31 heavy (non-hydrogen) atoms. The Balaban J connectivity index is 1.65. The predicted octanol–water partition coefficient (Wildman–Crippen LogP) is 5.58. The fourth-order valence-corrected chi connectivity index (χ4v) is 4.28. The first-order valence-electron chi connectivity index (χ1n) is 9.96. The SMILES string of the molecule is O=C(C[C@@H](CO)C(F)F)C1CC(c2c(-c3ccc(F)cc3)[nH]c3c(F)cc(F)cc23)C1. The Morgan fingerprint density at radius 2 is 1.74 bits per heavy atom. The number of hydrogen-bond acceptors (Lipinski definition) is 2. The molecule has 4 rings (SSSR count). The number of halogens is 5. The number of hydrogen-bond donors (Lipinski definition) is 2. The first-order chi connectivity index (χ1) is 14.8. The number of Topliss-reactive ketones (excluding diaryl/α,β-unsaturated/α-hetero) is 1. The number of aromatic amines is 1. The van der Waals surface area contributed by atoms with Crippen molar-refractivity contribution in [2.75, 3.05) is 6.61 Å². The summed E-state index contributed by atoms with van der Waals surface area (Å²) >= 11 is 0. The topological polar surface area (TPSA) is 53.1 Å². The van der Waals surface area contributed by atoms with Gasteiger partial charge in [0, 0.05) is 29.7 Å². The summed E-state index contributed by atoms with van der Waals surface area (Å²) < 4.78 is 67.4. The van der Waals surface area contributed by atoms with Crippen molar-refractivity contribution in [1.29, 1.82) is 0 Å². The Morgan fingerprint density at radius 3 is 2.35 bits per heavy atom. The number of aromatic nitrogens is 1. The van der Waals surface area contributed by atoms with Gasteiger partial charge in [-0.15, -0.1) is 0 Å². The summed E-state index contributed by atoms with van der Waals surface area (Å²) in [5.41, 5.74) is 1.83. The van der Waals surface area contributed by atoms with Crippen LogP contribution in [0.2, 0.25) is 0 Å². The highest BCUT2D eigenvalue weighted by Crippen LogP contribution is 2.49. The van der Waals surface area contributed by atoms with E-state index in [9.17, 15) is 26.7 Å². The number of alkyl halides is 2. The van der Waals surface area contributed by atoms with Gasteiger partial charge in [0.1, 0.15) is 23.2 Å². The Hall–Kier alpha value is -2.74. The summed E-state index contributed by atoms with van der Waals surface area (Å²) in [4.78, 5) is 15.3. The molecule has 2 N–H and O–H groups in total. The lowest BCUT2D eigenvalue weighted by Gasteiger charge is -2.35. The molecule has 0 unspecified atom stereocenters. The van der Waals surface area contributed by atoms with Gasteiger partial charge in [0.2, 0.25) is 6.43 Å². The third kappa shape index (κ3) is 4.08. The van der Waals surface area contributed by atoms with Crippen LogP contribution in [0.1, 0.15) is 30.7 Å². The molecule has 0 spiro atoms. The lowest BCUT2D eigenvalue weighted by atomic mass is 9.67. The van der Waals surface area contributed by atoms with E-state index < -0.39 is 48.7 Å². The van der Waals surface area contributed by atoms with E-state index in [2.05, 4.69) is 4.98 Å². The molecular weight excluding hydrogens is 417 g/mol. The summed E-state index contributed by atoms with van der Waals surface area (Å²) in [5, 5.41) is 9.38. The smallest absolute Gasteiger partial charge is 0.244 e. The van der Waals surface area contributed by atoms with Gasteiger partial charge in [-0.1, -0.05) is 0 Å². The van der Waals surface area contributed by atoms with Crippen molar-refractivity contribution < 1.29 is 31.9 Å². The molecule has 1 atom stereocenters. The number of rotatable bonds is 7. The van der Waals surface area contributed by atoms with E-state index in [1.54, 1.807) is 0 Å². The van der Waals surface area contributed by atoms with E-state index in [1.165, 1.54) is 30.3 Å². The standard InChI is InChI=1S/C23H20F5NO2/c24-15-3-1-11(2-4-15)21-20(17-8-16(25)9-18(26)22(17)29-21)13-5-12(6-13)19(31)7-14(10-30)23(27)28/h1-4,8-9,12-14,23,29-30H,5-7,10H2/t12?,13?,14-/m0/s1. The molecule has 1 aliphatic carbocycles. The van der Waals surface area contributed by atoms with Gasteiger partial charge in [-0.25, -0.2) is 22.0 Å². The molecule has 0 saturated heterocycles. The molecule has 0 amide bonds. The highest BCUT2D eigenvalue weighted by Gasteiger charge is 2.39. The molecule has 8 heteroatoms. The van der Waals surface area contributed by atoms with E-state index in [0.29, 0.717) is 35.0 Å². The van der Waals surface area contributed by atoms with Gasteiger partial charge in [-0.3, -0.25) is 4.79 Å². The Morgan fingerprint density at radius 1 is 1.06 bits per heavy atom. The van der Waals surface area contributed by atoms with Crippen molar-refractivity contribution >= 4 is 16.7 Å². The maximum Gasteiger partial charge on any atom is 0.244 e. The van der Waals surface area contributed by atoms with Gasteiger partial charge in [0.05, 0.1) is 17.8 Å². The maximum absolute atomic E-state index is 14.4. The van der Waals surface area contributed by atoms with Gasteiger partial charge in [0.25, 0.3) is 0 Å². The second kappa shape index (κ2) is 8.42. The Labute approximate surface area is 174 Å². The average Bonchev–Trinajstić information content (AvgIpc) is 3.05. The molecule has 1 heterocycles. The summed E-state index contributed by atoms with van der Waals surface area (Å²) in [6, 6.07) is 7.54. The van der Waals surface area contributed by atoms with Crippen LogP contribution in [-0.4, -0.2) is 28.9 Å². The molecule has 1 aromatic heterocycles. The van der Waals surface area contributed by atoms with Crippen molar-refractivity contribution in [2.24, 2.45) is 11.8 Å². The van der Waals surface area contributed by atoms with Crippen LogP contribution in [0.3, 0.4) is 0 Å². The van der Waals surface area contributed by atoms with Gasteiger partial charge in [-0.2, -0.15) is 0 Å². The largest absolute Gasteiger partial charge is 0.396 e. The predicted molar refractivity (Wildman–Crippen MR) is 105 cm³/mol. The quantitative estimate of drug-likeness (QED) is 0.474. The molecule has 164 valence electrons. The highest BCUT2D eigenvalue weighted by atomic mass is 19.3. The summed E-state index contributed by atoms with van der Waals surface area (Å²) in [7, 11) is 0. The summed E-state index contributed by atoms with van der Waals surface area (Å²) in [5.74, 6) is -4.37. The third-order valence-corrected chi connectivity index (χ3v) is 6.05. The van der Waals surface area contributed by atoms with Crippen molar-refractivity contribution in [3.8, 4) is 11.3 Å². The van der Waals surface area contributed by atoms with E-state index in [1.807, 2.05) is 0 Å². The van der Waals surface area contributed by atoms with Crippen LogP contribution in [0, 0.1) is 29.3 Å². The molecule has 0 radical (unpaired) electrons. The number of nitrogens with one attached hydrogen (secondary N) is 1.